The van der Waals surface area contributed by atoms with E-state index in [1.165, 1.54) is 11.2 Å². The lowest BCUT2D eigenvalue weighted by atomic mass is 9.93. The maximum atomic E-state index is 12.8. The molecule has 0 amide bonds. The molecule has 2 fully saturated rings. The second-order valence-corrected chi connectivity index (χ2v) is 9.20. The summed E-state index contributed by atoms with van der Waals surface area (Å²) in [5, 5.41) is 10.6. The number of halogens is 3. The zero-order chi connectivity index (χ0) is 20.6. The van der Waals surface area contributed by atoms with Crippen molar-refractivity contribution >= 4 is 10.0 Å². The van der Waals surface area contributed by atoms with E-state index in [9.17, 15) is 26.7 Å². The second-order valence-electron chi connectivity index (χ2n) is 7.29. The first kappa shape index (κ1) is 21.4. The van der Waals surface area contributed by atoms with Crippen LogP contribution in [0.5, 0.6) is 0 Å². The van der Waals surface area contributed by atoms with Gasteiger partial charge in [-0.15, -0.1) is 0 Å². The molecule has 1 aromatic heterocycles. The van der Waals surface area contributed by atoms with E-state index in [1.807, 2.05) is 4.90 Å². The number of sulfonamides is 1. The van der Waals surface area contributed by atoms with Crippen LogP contribution in [-0.2, 0) is 20.9 Å². The van der Waals surface area contributed by atoms with Crippen LogP contribution in [0.3, 0.4) is 0 Å². The van der Waals surface area contributed by atoms with E-state index >= 15 is 0 Å². The van der Waals surface area contributed by atoms with E-state index < -0.39 is 27.5 Å². The summed E-state index contributed by atoms with van der Waals surface area (Å²) >= 11 is 0. The fourth-order valence-corrected chi connectivity index (χ4v) is 5.15. The quantitative estimate of drug-likeness (QED) is 0.785. The summed E-state index contributed by atoms with van der Waals surface area (Å²) in [5.41, 5.74) is -2.11. The Morgan fingerprint density at radius 2 is 1.79 bits per heavy atom. The lowest BCUT2D eigenvalue weighted by Gasteiger charge is -2.40. The summed E-state index contributed by atoms with van der Waals surface area (Å²) in [4.78, 5) is 5.22. The van der Waals surface area contributed by atoms with E-state index in [-0.39, 0.29) is 23.7 Å². The minimum atomic E-state index is -4.62. The highest BCUT2D eigenvalue weighted by Gasteiger charge is 2.37. The Morgan fingerprint density at radius 1 is 1.18 bits per heavy atom. The number of aliphatic hydroxyl groups is 1. The van der Waals surface area contributed by atoms with Crippen LogP contribution in [-0.4, -0.2) is 79.3 Å². The number of ether oxygens (including phenoxy) is 1. The van der Waals surface area contributed by atoms with Gasteiger partial charge in [0.1, 0.15) is 10.6 Å². The molecule has 0 unspecified atom stereocenters. The first-order valence-corrected chi connectivity index (χ1v) is 10.5. The average Bonchev–Trinajstić information content (AvgIpc) is 2.61. The van der Waals surface area contributed by atoms with Crippen LogP contribution in [0, 0.1) is 6.92 Å². The Balaban J connectivity index is 1.66. The Hall–Kier alpha value is -1.27. The highest BCUT2D eigenvalue weighted by Crippen LogP contribution is 2.30. The SMILES string of the molecule is Cc1nc(C(F)(F)F)ccc1S(=O)(=O)N1CCN(CC2(O)CCOCC2)CC1. The maximum Gasteiger partial charge on any atom is 0.433 e. The Morgan fingerprint density at radius 3 is 2.32 bits per heavy atom. The molecule has 0 radical (unpaired) electrons. The molecule has 7 nitrogen and oxygen atoms in total. The van der Waals surface area contributed by atoms with Crippen LogP contribution in [0.1, 0.15) is 24.2 Å². The molecular weight excluding hydrogens is 399 g/mol. The summed E-state index contributed by atoms with van der Waals surface area (Å²) < 4.78 is 70.5. The molecule has 3 heterocycles. The summed E-state index contributed by atoms with van der Waals surface area (Å²) in [6.07, 6.45) is -3.53. The van der Waals surface area contributed by atoms with Crippen LogP contribution in [0.25, 0.3) is 0 Å². The number of aromatic nitrogens is 1. The number of aryl methyl sites for hydroxylation is 1. The average molecular weight is 423 g/mol. The van der Waals surface area contributed by atoms with E-state index in [1.54, 1.807) is 0 Å². The molecule has 0 aliphatic carbocycles. The molecule has 0 bridgehead atoms. The third kappa shape index (κ3) is 4.65. The molecule has 0 saturated carbocycles. The van der Waals surface area contributed by atoms with Crippen LogP contribution in [0.4, 0.5) is 13.2 Å². The van der Waals surface area contributed by atoms with Gasteiger partial charge in [0.2, 0.25) is 10.0 Å². The van der Waals surface area contributed by atoms with Crippen molar-refractivity contribution in [2.45, 2.75) is 36.4 Å². The molecule has 1 N–H and O–H groups in total. The highest BCUT2D eigenvalue weighted by atomic mass is 32.2. The first-order chi connectivity index (χ1) is 13.0. The van der Waals surface area contributed by atoms with Gasteiger partial charge >= 0.3 is 6.18 Å². The van der Waals surface area contributed by atoms with Gasteiger partial charge in [-0.2, -0.15) is 17.5 Å². The second kappa shape index (κ2) is 7.86. The zero-order valence-electron chi connectivity index (χ0n) is 15.6. The molecule has 28 heavy (non-hydrogen) atoms. The van der Waals surface area contributed by atoms with Gasteiger partial charge in [0.25, 0.3) is 0 Å². The summed E-state index contributed by atoms with van der Waals surface area (Å²) in [7, 11) is -3.93. The number of rotatable bonds is 4. The Labute approximate surface area is 162 Å². The number of β-amino-alcohol motifs (C(OH)–C–C–N with tert-alkyl or cyclic N) is 1. The third-order valence-corrected chi connectivity index (χ3v) is 7.25. The molecule has 2 aliphatic rings. The molecule has 3 rings (SSSR count). The van der Waals surface area contributed by atoms with Gasteiger partial charge in [-0.05, 0) is 19.1 Å². The van der Waals surface area contributed by atoms with Crippen molar-refractivity contribution in [3.8, 4) is 0 Å². The summed E-state index contributed by atoms with van der Waals surface area (Å²) in [6.45, 7) is 4.01. The van der Waals surface area contributed by atoms with Crippen LogP contribution < -0.4 is 0 Å². The van der Waals surface area contributed by atoms with Crippen LogP contribution in [0.2, 0.25) is 0 Å². The highest BCUT2D eigenvalue weighted by molar-refractivity contribution is 7.89. The predicted molar refractivity (Wildman–Crippen MR) is 94.2 cm³/mol. The molecule has 11 heteroatoms. The molecule has 2 aliphatic heterocycles. The molecule has 0 atom stereocenters. The topological polar surface area (TPSA) is 83.0 Å². The van der Waals surface area contributed by atoms with E-state index in [4.69, 9.17) is 4.74 Å². The largest absolute Gasteiger partial charge is 0.433 e. The van der Waals surface area contributed by atoms with Gasteiger partial charge in [-0.3, -0.25) is 4.90 Å². The van der Waals surface area contributed by atoms with Gasteiger partial charge in [0.15, 0.2) is 0 Å². The number of pyridine rings is 1. The van der Waals surface area contributed by atoms with Crippen LogP contribution in [0.15, 0.2) is 17.0 Å². The van der Waals surface area contributed by atoms with Gasteiger partial charge in [0.05, 0.1) is 11.3 Å². The molecule has 1 aromatic rings. The van der Waals surface area contributed by atoms with Gasteiger partial charge in [-0.1, -0.05) is 0 Å². The van der Waals surface area contributed by atoms with Gasteiger partial charge < -0.3 is 9.84 Å². The van der Waals surface area contributed by atoms with Crippen molar-refractivity contribution in [3.63, 3.8) is 0 Å². The zero-order valence-corrected chi connectivity index (χ0v) is 16.4. The first-order valence-electron chi connectivity index (χ1n) is 9.09. The predicted octanol–water partition coefficient (Wildman–Crippen LogP) is 1.26. The number of piperazine rings is 1. The molecule has 158 valence electrons. The number of alkyl halides is 3. The summed E-state index contributed by atoms with van der Waals surface area (Å²) in [6, 6.07) is 1.66. The van der Waals surface area contributed by atoms with E-state index in [0.29, 0.717) is 51.8 Å². The smallest absolute Gasteiger partial charge is 0.388 e. The minimum Gasteiger partial charge on any atom is -0.388 e. The minimum absolute atomic E-state index is 0.172. The number of hydrogen-bond acceptors (Lipinski definition) is 6. The van der Waals surface area contributed by atoms with E-state index in [2.05, 4.69) is 4.98 Å². The van der Waals surface area contributed by atoms with Crippen molar-refractivity contribution < 1.29 is 31.4 Å². The van der Waals surface area contributed by atoms with Crippen molar-refractivity contribution in [3.05, 3.63) is 23.5 Å². The Kier molecular flexibility index (Phi) is 6.02. The Bertz CT molecular complexity index is 802. The molecule has 0 aromatic carbocycles. The lowest BCUT2D eigenvalue weighted by Crippen LogP contribution is -2.54. The maximum absolute atomic E-state index is 12.8. The van der Waals surface area contributed by atoms with Crippen molar-refractivity contribution in [1.29, 1.82) is 0 Å². The fraction of sp³-hybridized carbons (Fsp3) is 0.706. The van der Waals surface area contributed by atoms with Gasteiger partial charge in [-0.25, -0.2) is 13.4 Å². The number of hydrogen-bond donors (Lipinski definition) is 1. The standard InChI is InChI=1S/C17H24F3N3O4S/c1-13-14(2-3-15(21-13)17(18,19)20)28(25,26)23-8-6-22(7-9-23)12-16(24)4-10-27-11-5-16/h2-3,24H,4-12H2,1H3. The molecular formula is C17H24F3N3O4S. The molecule has 0 spiro atoms. The van der Waals surface area contributed by atoms with Crippen molar-refractivity contribution in [2.24, 2.45) is 0 Å². The normalized spacial score (nSPS) is 22.3. The lowest BCUT2D eigenvalue weighted by molar-refractivity contribution is -0.141. The van der Waals surface area contributed by atoms with Crippen LogP contribution >= 0.6 is 0 Å². The monoisotopic (exact) mass is 423 g/mol. The van der Waals surface area contributed by atoms with Gasteiger partial charge in [0, 0.05) is 58.8 Å². The molecule has 2 saturated heterocycles. The van der Waals surface area contributed by atoms with E-state index in [0.717, 1.165) is 6.07 Å². The summed E-state index contributed by atoms with van der Waals surface area (Å²) in [5.74, 6) is 0. The third-order valence-electron chi connectivity index (χ3n) is 5.22. The van der Waals surface area contributed by atoms with Crippen molar-refractivity contribution in [1.82, 2.24) is 14.2 Å². The fourth-order valence-electron chi connectivity index (χ4n) is 3.57. The van der Waals surface area contributed by atoms with Crippen molar-refractivity contribution in [2.75, 3.05) is 45.9 Å². The number of nitrogens with zero attached hydrogens (tertiary/aromatic N) is 3.